The van der Waals surface area contributed by atoms with Gasteiger partial charge >= 0.3 is 0 Å². The number of nitrogens with zero attached hydrogens (tertiary/aromatic N) is 3. The fourth-order valence-corrected chi connectivity index (χ4v) is 3.21. The van der Waals surface area contributed by atoms with E-state index in [0.29, 0.717) is 25.5 Å². The molecule has 22 heavy (non-hydrogen) atoms. The first kappa shape index (κ1) is 15.1. The van der Waals surface area contributed by atoms with E-state index in [1.165, 1.54) is 12.7 Å². The Morgan fingerprint density at radius 1 is 1.27 bits per heavy atom. The first-order valence-electron chi connectivity index (χ1n) is 8.08. The zero-order valence-electron chi connectivity index (χ0n) is 13.0. The van der Waals surface area contributed by atoms with Crippen molar-refractivity contribution in [3.63, 3.8) is 0 Å². The predicted molar refractivity (Wildman–Crippen MR) is 79.6 cm³/mol. The lowest BCUT2D eigenvalue weighted by Crippen LogP contribution is -2.46. The number of hydrogen-bond donors (Lipinski definition) is 0. The molecule has 6 nitrogen and oxygen atoms in total. The Hall–Kier alpha value is -1.85. The second kappa shape index (κ2) is 6.50. The van der Waals surface area contributed by atoms with E-state index in [1.54, 1.807) is 18.0 Å². The molecule has 0 spiro atoms. The lowest BCUT2D eigenvalue weighted by molar-refractivity contribution is -0.143. The minimum Gasteiger partial charge on any atom is -0.364 e. The van der Waals surface area contributed by atoms with E-state index in [1.807, 2.05) is 4.90 Å². The lowest BCUT2D eigenvalue weighted by Gasteiger charge is -2.37. The van der Waals surface area contributed by atoms with Crippen LogP contribution in [0.15, 0.2) is 16.9 Å². The van der Waals surface area contributed by atoms with Crippen molar-refractivity contribution in [2.75, 3.05) is 20.1 Å². The Kier molecular flexibility index (Phi) is 4.45. The molecule has 1 aliphatic heterocycles. The van der Waals surface area contributed by atoms with Crippen LogP contribution in [0.2, 0.25) is 0 Å². The van der Waals surface area contributed by atoms with Gasteiger partial charge in [0.2, 0.25) is 11.8 Å². The molecule has 2 heterocycles. The Morgan fingerprint density at radius 2 is 2.00 bits per heavy atom. The molecule has 2 aliphatic rings. The summed E-state index contributed by atoms with van der Waals surface area (Å²) in [6, 6.07) is 1.77. The van der Waals surface area contributed by atoms with Crippen molar-refractivity contribution in [1.82, 2.24) is 15.0 Å². The van der Waals surface area contributed by atoms with Gasteiger partial charge in [0.1, 0.15) is 12.0 Å². The quantitative estimate of drug-likeness (QED) is 0.848. The number of likely N-dealkylation sites (tertiary alicyclic amines) is 1. The standard InChI is InChI=1S/C16H23N3O3/c1-18(11-14-7-10-22-17-14)15(20)13-5-8-19(9-6-13)16(21)12-3-2-4-12/h7,10,12-13H,2-6,8-9,11H2,1H3. The van der Waals surface area contributed by atoms with Crippen LogP contribution in [-0.2, 0) is 16.1 Å². The van der Waals surface area contributed by atoms with Crippen LogP contribution in [-0.4, -0.2) is 46.9 Å². The van der Waals surface area contributed by atoms with Crippen LogP contribution in [0, 0.1) is 11.8 Å². The van der Waals surface area contributed by atoms with E-state index in [0.717, 1.165) is 31.4 Å². The third-order valence-electron chi connectivity index (χ3n) is 4.88. The second-order valence-electron chi connectivity index (χ2n) is 6.41. The van der Waals surface area contributed by atoms with E-state index in [-0.39, 0.29) is 17.7 Å². The highest BCUT2D eigenvalue weighted by atomic mass is 16.5. The molecule has 0 radical (unpaired) electrons. The lowest BCUT2D eigenvalue weighted by atomic mass is 9.83. The average Bonchev–Trinajstić information content (AvgIpc) is 2.97. The molecule has 1 saturated heterocycles. The first-order chi connectivity index (χ1) is 10.6. The zero-order valence-corrected chi connectivity index (χ0v) is 13.0. The van der Waals surface area contributed by atoms with Gasteiger partial charge in [0.15, 0.2) is 0 Å². The van der Waals surface area contributed by atoms with Crippen LogP contribution in [0.3, 0.4) is 0 Å². The first-order valence-corrected chi connectivity index (χ1v) is 8.08. The number of amides is 2. The zero-order chi connectivity index (χ0) is 15.5. The number of carbonyl (C=O) groups is 2. The molecule has 120 valence electrons. The molecule has 2 amide bonds. The molecule has 1 saturated carbocycles. The number of carbonyl (C=O) groups excluding carboxylic acids is 2. The summed E-state index contributed by atoms with van der Waals surface area (Å²) in [7, 11) is 1.79. The topological polar surface area (TPSA) is 66.7 Å². The monoisotopic (exact) mass is 305 g/mol. The van der Waals surface area contributed by atoms with Crippen molar-refractivity contribution in [3.05, 3.63) is 18.0 Å². The van der Waals surface area contributed by atoms with Crippen LogP contribution in [0.25, 0.3) is 0 Å². The number of aromatic nitrogens is 1. The van der Waals surface area contributed by atoms with Gasteiger partial charge in [-0.1, -0.05) is 11.6 Å². The fraction of sp³-hybridized carbons (Fsp3) is 0.688. The molecule has 2 fully saturated rings. The maximum atomic E-state index is 12.5. The van der Waals surface area contributed by atoms with Crippen molar-refractivity contribution in [2.45, 2.75) is 38.6 Å². The summed E-state index contributed by atoms with van der Waals surface area (Å²) in [6.45, 7) is 1.89. The van der Waals surface area contributed by atoms with Crippen molar-refractivity contribution < 1.29 is 14.1 Å². The SMILES string of the molecule is CN(Cc1ccon1)C(=O)C1CCN(C(=O)C2CCC2)CC1. The van der Waals surface area contributed by atoms with Gasteiger partial charge in [-0.05, 0) is 25.7 Å². The van der Waals surface area contributed by atoms with Crippen LogP contribution in [0.5, 0.6) is 0 Å². The molecule has 0 N–H and O–H groups in total. The third-order valence-corrected chi connectivity index (χ3v) is 4.88. The van der Waals surface area contributed by atoms with Gasteiger partial charge in [-0.15, -0.1) is 0 Å². The number of rotatable bonds is 4. The number of hydrogen-bond acceptors (Lipinski definition) is 4. The number of piperidine rings is 1. The molecule has 6 heteroatoms. The molecule has 1 aliphatic carbocycles. The van der Waals surface area contributed by atoms with Crippen LogP contribution >= 0.6 is 0 Å². The molecule has 0 atom stereocenters. The Labute approximate surface area is 130 Å². The summed E-state index contributed by atoms with van der Waals surface area (Å²) in [5.74, 6) is 0.705. The van der Waals surface area contributed by atoms with Crippen LogP contribution in [0.1, 0.15) is 37.8 Å². The molecule has 0 unspecified atom stereocenters. The van der Waals surface area contributed by atoms with E-state index in [4.69, 9.17) is 4.52 Å². The summed E-state index contributed by atoms with van der Waals surface area (Å²) in [5.41, 5.74) is 0.758. The van der Waals surface area contributed by atoms with Gasteiger partial charge in [0.25, 0.3) is 0 Å². The molecular weight excluding hydrogens is 282 g/mol. The van der Waals surface area contributed by atoms with Gasteiger partial charge in [-0.25, -0.2) is 0 Å². The molecule has 1 aromatic rings. The summed E-state index contributed by atoms with van der Waals surface area (Å²) in [6.07, 6.45) is 6.30. The van der Waals surface area contributed by atoms with Crippen molar-refractivity contribution in [1.29, 1.82) is 0 Å². The van der Waals surface area contributed by atoms with Crippen molar-refractivity contribution in [3.8, 4) is 0 Å². The maximum absolute atomic E-state index is 12.5. The smallest absolute Gasteiger partial charge is 0.225 e. The van der Waals surface area contributed by atoms with Gasteiger partial charge in [0.05, 0.1) is 6.54 Å². The predicted octanol–water partition coefficient (Wildman–Crippen LogP) is 1.67. The summed E-state index contributed by atoms with van der Waals surface area (Å²) in [5, 5.41) is 3.83. The third kappa shape index (κ3) is 3.15. The second-order valence-corrected chi connectivity index (χ2v) is 6.41. The van der Waals surface area contributed by atoms with Gasteiger partial charge in [-0.3, -0.25) is 9.59 Å². The molecule has 3 rings (SSSR count). The summed E-state index contributed by atoms with van der Waals surface area (Å²) in [4.78, 5) is 28.3. The maximum Gasteiger partial charge on any atom is 0.225 e. The van der Waals surface area contributed by atoms with Crippen LogP contribution in [0.4, 0.5) is 0 Å². The summed E-state index contributed by atoms with van der Waals surface area (Å²) < 4.78 is 4.79. The van der Waals surface area contributed by atoms with Gasteiger partial charge < -0.3 is 14.3 Å². The largest absolute Gasteiger partial charge is 0.364 e. The Balaban J connectivity index is 1.47. The average molecular weight is 305 g/mol. The molecule has 0 aromatic carbocycles. The highest BCUT2D eigenvalue weighted by Crippen LogP contribution is 2.30. The molecule has 1 aromatic heterocycles. The van der Waals surface area contributed by atoms with E-state index in [2.05, 4.69) is 5.16 Å². The minimum atomic E-state index is 0.0161. The van der Waals surface area contributed by atoms with Gasteiger partial charge in [-0.2, -0.15) is 0 Å². The Bertz CT molecular complexity index is 517. The highest BCUT2D eigenvalue weighted by molar-refractivity contribution is 5.81. The van der Waals surface area contributed by atoms with E-state index < -0.39 is 0 Å². The van der Waals surface area contributed by atoms with Crippen molar-refractivity contribution in [2.24, 2.45) is 11.8 Å². The normalized spacial score (nSPS) is 19.8. The molecular formula is C16H23N3O3. The Morgan fingerprint density at radius 3 is 2.55 bits per heavy atom. The van der Waals surface area contributed by atoms with Crippen LogP contribution < -0.4 is 0 Å². The highest BCUT2D eigenvalue weighted by Gasteiger charge is 2.33. The summed E-state index contributed by atoms with van der Waals surface area (Å²) >= 11 is 0. The minimum absolute atomic E-state index is 0.0161. The van der Waals surface area contributed by atoms with E-state index >= 15 is 0 Å². The van der Waals surface area contributed by atoms with E-state index in [9.17, 15) is 9.59 Å². The van der Waals surface area contributed by atoms with Crippen molar-refractivity contribution >= 4 is 11.8 Å². The fourth-order valence-electron chi connectivity index (χ4n) is 3.21. The molecule has 0 bridgehead atoms. The van der Waals surface area contributed by atoms with Gasteiger partial charge in [0, 0.05) is 38.0 Å².